The van der Waals surface area contributed by atoms with Crippen molar-refractivity contribution in [3.05, 3.63) is 102 Å². The minimum atomic E-state index is -1.19. The molecule has 260 valence electrons. The topological polar surface area (TPSA) is 163 Å². The highest BCUT2D eigenvalue weighted by Crippen LogP contribution is 2.23. The first-order valence-corrected chi connectivity index (χ1v) is 16.7. The zero-order valence-corrected chi connectivity index (χ0v) is 28.4. The van der Waals surface area contributed by atoms with Gasteiger partial charge in [-0.15, -0.1) is 0 Å². The molecule has 0 radical (unpaired) electrons. The van der Waals surface area contributed by atoms with Crippen molar-refractivity contribution in [2.75, 3.05) is 13.7 Å². The third-order valence-electron chi connectivity index (χ3n) is 8.46. The van der Waals surface area contributed by atoms with Gasteiger partial charge in [0.25, 0.3) is 0 Å². The Kier molecular flexibility index (Phi) is 13.9. The molecule has 0 spiro atoms. The second-order valence-electron chi connectivity index (χ2n) is 12.8. The van der Waals surface area contributed by atoms with E-state index in [0.29, 0.717) is 25.1 Å². The van der Waals surface area contributed by atoms with Crippen molar-refractivity contribution in [1.29, 1.82) is 0 Å². The van der Waals surface area contributed by atoms with Gasteiger partial charge in [0, 0.05) is 31.3 Å². The number of nitrogens with zero attached hydrogens (tertiary/aromatic N) is 1. The number of fused-ring (bicyclic) bond motifs is 1. The molecule has 4 atom stereocenters. The third-order valence-corrected chi connectivity index (χ3v) is 8.46. The predicted octanol–water partition coefficient (Wildman–Crippen LogP) is 3.65. The van der Waals surface area contributed by atoms with Crippen LogP contribution in [0, 0.1) is 11.8 Å². The van der Waals surface area contributed by atoms with Crippen molar-refractivity contribution in [2.24, 2.45) is 11.8 Å². The van der Waals surface area contributed by atoms with Gasteiger partial charge in [-0.3, -0.25) is 19.2 Å². The van der Waals surface area contributed by atoms with Crippen molar-refractivity contribution in [1.82, 2.24) is 25.9 Å². The summed E-state index contributed by atoms with van der Waals surface area (Å²) in [4.78, 5) is 60.2. The van der Waals surface area contributed by atoms with Crippen LogP contribution in [0.2, 0.25) is 0 Å². The standard InChI is InChI=1S/C38H47N5O6/c1-25(2)18-32(34(44)22-36(46)49-3)42-38(48)33(21-30-23-39-24-41-30)43-37(47)29(19-28-14-9-13-27-12-7-8-15-31(27)28)20-35(45)40-17-16-26-10-5-4-6-11-26/h4-15,23-25,29,32-34,44H,16-22H2,1-3H3,(H,39,41)(H,40,45)(H,42,48)(H,43,47)/t29-,32+,33+,34+/m1/s1. The molecule has 1 aromatic heterocycles. The number of methoxy groups -OCH3 is 1. The van der Waals surface area contributed by atoms with Crippen molar-refractivity contribution >= 4 is 34.5 Å². The van der Waals surface area contributed by atoms with Gasteiger partial charge in [-0.25, -0.2) is 4.98 Å². The van der Waals surface area contributed by atoms with E-state index < -0.39 is 41.9 Å². The molecule has 3 amide bonds. The number of carbonyl (C=O) groups is 4. The van der Waals surface area contributed by atoms with Crippen molar-refractivity contribution in [3.8, 4) is 0 Å². The van der Waals surface area contributed by atoms with Crippen LogP contribution in [0.15, 0.2) is 85.3 Å². The molecular formula is C38H47N5O6. The summed E-state index contributed by atoms with van der Waals surface area (Å²) in [5.74, 6) is -2.57. The molecule has 11 nitrogen and oxygen atoms in total. The highest BCUT2D eigenvalue weighted by Gasteiger charge is 2.32. The average Bonchev–Trinajstić information content (AvgIpc) is 3.61. The number of benzene rings is 3. The number of imidazole rings is 1. The van der Waals surface area contributed by atoms with E-state index in [0.717, 1.165) is 21.9 Å². The Hall–Kier alpha value is -5.03. The zero-order valence-electron chi connectivity index (χ0n) is 28.4. The number of esters is 1. The van der Waals surface area contributed by atoms with Crippen LogP contribution in [0.4, 0.5) is 0 Å². The first kappa shape index (κ1) is 36.8. The molecule has 0 aliphatic carbocycles. The highest BCUT2D eigenvalue weighted by molar-refractivity contribution is 5.92. The van der Waals surface area contributed by atoms with E-state index in [1.165, 1.54) is 13.4 Å². The van der Waals surface area contributed by atoms with Crippen LogP contribution in [0.1, 0.15) is 49.9 Å². The maximum absolute atomic E-state index is 14.1. The molecule has 3 aromatic carbocycles. The van der Waals surface area contributed by atoms with Crippen LogP contribution in [0.5, 0.6) is 0 Å². The quantitative estimate of drug-likeness (QED) is 0.101. The highest BCUT2D eigenvalue weighted by atomic mass is 16.5. The predicted molar refractivity (Wildman–Crippen MR) is 187 cm³/mol. The Labute approximate surface area is 287 Å². The van der Waals surface area contributed by atoms with Crippen LogP contribution in [-0.4, -0.2) is 70.6 Å². The Morgan fingerprint density at radius 1 is 0.878 bits per heavy atom. The molecule has 4 aromatic rings. The summed E-state index contributed by atoms with van der Waals surface area (Å²) in [7, 11) is 1.24. The molecule has 0 unspecified atom stereocenters. The van der Waals surface area contributed by atoms with Crippen LogP contribution in [-0.2, 0) is 43.2 Å². The smallest absolute Gasteiger partial charge is 0.308 e. The Balaban J connectivity index is 1.55. The zero-order chi connectivity index (χ0) is 35.2. The largest absolute Gasteiger partial charge is 0.469 e. The summed E-state index contributed by atoms with van der Waals surface area (Å²) in [5, 5.41) is 21.6. The maximum atomic E-state index is 14.1. The van der Waals surface area contributed by atoms with E-state index in [4.69, 9.17) is 4.74 Å². The lowest BCUT2D eigenvalue weighted by molar-refractivity contribution is -0.144. The van der Waals surface area contributed by atoms with Gasteiger partial charge in [0.2, 0.25) is 17.7 Å². The summed E-state index contributed by atoms with van der Waals surface area (Å²) in [5.41, 5.74) is 2.61. The number of aliphatic hydroxyl groups excluding tert-OH is 1. The molecule has 0 aliphatic rings. The Morgan fingerprint density at radius 3 is 2.33 bits per heavy atom. The molecule has 0 fully saturated rings. The number of nitrogens with one attached hydrogen (secondary N) is 4. The van der Waals surface area contributed by atoms with Crippen molar-refractivity contribution in [3.63, 3.8) is 0 Å². The molecule has 0 saturated heterocycles. The molecule has 49 heavy (non-hydrogen) atoms. The minimum absolute atomic E-state index is 0.0866. The lowest BCUT2D eigenvalue weighted by Gasteiger charge is -2.28. The number of H-pyrrole nitrogens is 1. The lowest BCUT2D eigenvalue weighted by atomic mass is 9.91. The van der Waals surface area contributed by atoms with E-state index in [-0.39, 0.29) is 37.5 Å². The van der Waals surface area contributed by atoms with Gasteiger partial charge in [-0.2, -0.15) is 0 Å². The van der Waals surface area contributed by atoms with Crippen molar-refractivity contribution < 1.29 is 29.0 Å². The second kappa shape index (κ2) is 18.5. The molecule has 0 bridgehead atoms. The summed E-state index contributed by atoms with van der Waals surface area (Å²) in [6.07, 6.45) is 2.87. The molecule has 1 heterocycles. The average molecular weight is 670 g/mol. The molecule has 0 aliphatic heterocycles. The normalized spacial score (nSPS) is 13.7. The number of hydrogen-bond acceptors (Lipinski definition) is 7. The SMILES string of the molecule is COC(=O)C[C@H](O)[C@H](CC(C)C)NC(=O)[C@H](Cc1cnc[nH]1)NC(=O)[C@@H](CC(=O)NCCc1ccccc1)Cc1cccc2ccccc12. The van der Waals surface area contributed by atoms with E-state index in [9.17, 15) is 24.3 Å². The van der Waals surface area contributed by atoms with Crippen LogP contribution in [0.25, 0.3) is 10.8 Å². The van der Waals surface area contributed by atoms with Gasteiger partial charge in [0.15, 0.2) is 0 Å². The lowest BCUT2D eigenvalue weighted by Crippen LogP contribution is -2.55. The number of hydrogen-bond donors (Lipinski definition) is 5. The number of aliphatic hydroxyl groups is 1. The summed E-state index contributed by atoms with van der Waals surface area (Å²) in [6, 6.07) is 21.7. The summed E-state index contributed by atoms with van der Waals surface area (Å²) < 4.78 is 4.72. The fourth-order valence-electron chi connectivity index (χ4n) is 5.90. The van der Waals surface area contributed by atoms with E-state index in [2.05, 4.69) is 25.9 Å². The first-order valence-electron chi connectivity index (χ1n) is 16.7. The number of amides is 3. The molecule has 5 N–H and O–H groups in total. The van der Waals surface area contributed by atoms with E-state index in [1.54, 1.807) is 6.20 Å². The molecule has 11 heteroatoms. The van der Waals surface area contributed by atoms with Gasteiger partial charge in [0.1, 0.15) is 6.04 Å². The van der Waals surface area contributed by atoms with Gasteiger partial charge in [-0.1, -0.05) is 86.6 Å². The van der Waals surface area contributed by atoms with Gasteiger partial charge in [-0.05, 0) is 47.1 Å². The molecular weight excluding hydrogens is 622 g/mol. The monoisotopic (exact) mass is 669 g/mol. The van der Waals surface area contributed by atoms with E-state index >= 15 is 0 Å². The van der Waals surface area contributed by atoms with Gasteiger partial charge >= 0.3 is 5.97 Å². The second-order valence-corrected chi connectivity index (χ2v) is 12.8. The number of rotatable bonds is 18. The van der Waals surface area contributed by atoms with Gasteiger partial charge < -0.3 is 30.8 Å². The summed E-state index contributed by atoms with van der Waals surface area (Å²) >= 11 is 0. The number of ether oxygens (including phenoxy) is 1. The fraction of sp³-hybridized carbons (Fsp3) is 0.395. The molecule has 4 rings (SSSR count). The Morgan fingerprint density at radius 2 is 1.61 bits per heavy atom. The van der Waals surface area contributed by atoms with E-state index in [1.807, 2.05) is 86.6 Å². The number of aromatic nitrogens is 2. The maximum Gasteiger partial charge on any atom is 0.308 e. The van der Waals surface area contributed by atoms with Gasteiger partial charge in [0.05, 0.1) is 37.9 Å². The number of aromatic amines is 1. The van der Waals surface area contributed by atoms with Crippen LogP contribution < -0.4 is 16.0 Å². The van der Waals surface area contributed by atoms with Crippen LogP contribution >= 0.6 is 0 Å². The minimum Gasteiger partial charge on any atom is -0.469 e. The first-order chi connectivity index (χ1) is 23.6. The fourth-order valence-corrected chi connectivity index (χ4v) is 5.90. The molecule has 0 saturated carbocycles. The number of carbonyl (C=O) groups excluding carboxylic acids is 4. The van der Waals surface area contributed by atoms with Crippen LogP contribution in [0.3, 0.4) is 0 Å². The summed E-state index contributed by atoms with van der Waals surface area (Å²) in [6.45, 7) is 4.30. The third kappa shape index (κ3) is 11.6. The van der Waals surface area contributed by atoms with Crippen molar-refractivity contribution in [2.45, 2.75) is 70.6 Å². The Bertz CT molecular complexity index is 1650.